The van der Waals surface area contributed by atoms with Gasteiger partial charge in [0.1, 0.15) is 11.6 Å². The van der Waals surface area contributed by atoms with E-state index in [1.165, 1.54) is 21.9 Å². The van der Waals surface area contributed by atoms with Gasteiger partial charge in [-0.1, -0.05) is 36.0 Å². The molecule has 0 fully saturated rings. The average molecular weight is 449 g/mol. The predicted octanol–water partition coefficient (Wildman–Crippen LogP) is 3.63. The van der Waals surface area contributed by atoms with Crippen LogP contribution in [0.15, 0.2) is 59.4 Å². The number of nitrogens with one attached hydrogen (secondary N) is 1. The van der Waals surface area contributed by atoms with Crippen LogP contribution in [0.2, 0.25) is 0 Å². The molecule has 0 aliphatic carbocycles. The molecule has 9 heteroatoms. The van der Waals surface area contributed by atoms with Crippen LogP contribution in [0, 0.1) is 6.92 Å². The Hall–Kier alpha value is -3.85. The number of carbonyl (C=O) groups is 2. The lowest BCUT2D eigenvalue weighted by atomic mass is 10.1. The van der Waals surface area contributed by atoms with Crippen LogP contribution in [-0.2, 0) is 17.8 Å². The second-order valence-corrected chi connectivity index (χ2v) is 8.15. The molecule has 0 aliphatic rings. The Kier molecular flexibility index (Phi) is 6.09. The normalized spacial score (nSPS) is 10.8. The van der Waals surface area contributed by atoms with Gasteiger partial charge < -0.3 is 10.1 Å². The molecule has 0 aliphatic heterocycles. The number of hydrogen-bond acceptors (Lipinski definition) is 7. The van der Waals surface area contributed by atoms with E-state index >= 15 is 0 Å². The highest BCUT2D eigenvalue weighted by Crippen LogP contribution is 2.15. The molecular formula is C23H20N4O4S. The summed E-state index contributed by atoms with van der Waals surface area (Å²) in [6.07, 6.45) is 0.708. The Labute approximate surface area is 187 Å². The van der Waals surface area contributed by atoms with Crippen LogP contribution in [0.3, 0.4) is 0 Å². The van der Waals surface area contributed by atoms with Gasteiger partial charge in [0.15, 0.2) is 0 Å². The van der Waals surface area contributed by atoms with Crippen molar-refractivity contribution in [3.8, 4) is 0 Å². The van der Waals surface area contributed by atoms with E-state index in [1.807, 2.05) is 26.0 Å². The van der Waals surface area contributed by atoms with E-state index in [0.717, 1.165) is 10.6 Å². The maximum Gasteiger partial charge on any atom is 0.338 e. The number of aryl methyl sites for hydroxylation is 2. The lowest BCUT2D eigenvalue weighted by Gasteiger charge is -2.08. The smallest absolute Gasteiger partial charge is 0.338 e. The Balaban J connectivity index is 1.39. The summed E-state index contributed by atoms with van der Waals surface area (Å²) in [6, 6.07) is 15.0. The third kappa shape index (κ3) is 4.73. The van der Waals surface area contributed by atoms with Crippen LogP contribution in [0.5, 0.6) is 0 Å². The zero-order chi connectivity index (χ0) is 22.7. The predicted molar refractivity (Wildman–Crippen MR) is 121 cm³/mol. The molecule has 0 spiro atoms. The summed E-state index contributed by atoms with van der Waals surface area (Å²) in [6.45, 7) is 3.74. The highest BCUT2D eigenvalue weighted by atomic mass is 32.1. The molecule has 0 saturated heterocycles. The maximum absolute atomic E-state index is 12.4. The van der Waals surface area contributed by atoms with Gasteiger partial charge in [-0.3, -0.25) is 9.59 Å². The topological polar surface area (TPSA) is 103 Å². The van der Waals surface area contributed by atoms with E-state index in [1.54, 1.807) is 36.4 Å². The van der Waals surface area contributed by atoms with Crippen molar-refractivity contribution in [3.05, 3.63) is 92.3 Å². The Morgan fingerprint density at radius 2 is 1.88 bits per heavy atom. The zero-order valence-electron chi connectivity index (χ0n) is 17.5. The minimum atomic E-state index is -0.554. The fraction of sp³-hybridized carbons (Fsp3) is 0.174. The standard InChI is InChI=1S/C23H20N4O4S/c1-3-19-26-27-20(28)12-18(25-23(27)32-19)13-31-22(30)15-7-9-17(10-8-15)24-21(29)16-6-4-5-14(2)11-16/h4-12H,3,13H2,1-2H3,(H,24,29). The lowest BCUT2D eigenvalue weighted by molar-refractivity contribution is 0.0467. The van der Waals surface area contributed by atoms with Crippen LogP contribution in [0.4, 0.5) is 5.69 Å². The Morgan fingerprint density at radius 3 is 2.59 bits per heavy atom. The average Bonchev–Trinajstić information content (AvgIpc) is 3.22. The summed E-state index contributed by atoms with van der Waals surface area (Å²) in [5.41, 5.74) is 2.48. The number of carbonyl (C=O) groups excluding carboxylic acids is 2. The molecule has 8 nitrogen and oxygen atoms in total. The fourth-order valence-corrected chi connectivity index (χ4v) is 3.87. The largest absolute Gasteiger partial charge is 0.456 e. The van der Waals surface area contributed by atoms with E-state index in [0.29, 0.717) is 33.9 Å². The lowest BCUT2D eigenvalue weighted by Crippen LogP contribution is -2.16. The summed E-state index contributed by atoms with van der Waals surface area (Å²) in [5, 5.41) is 7.79. The van der Waals surface area contributed by atoms with Gasteiger partial charge in [-0.2, -0.15) is 9.61 Å². The van der Waals surface area contributed by atoms with Gasteiger partial charge in [-0.05, 0) is 49.7 Å². The van der Waals surface area contributed by atoms with Crippen LogP contribution in [0.1, 0.15) is 43.9 Å². The first-order valence-electron chi connectivity index (χ1n) is 9.97. The molecule has 0 unspecified atom stereocenters. The van der Waals surface area contributed by atoms with Crippen LogP contribution in [0.25, 0.3) is 4.96 Å². The first kappa shape index (κ1) is 21.4. The monoisotopic (exact) mass is 448 g/mol. The van der Waals surface area contributed by atoms with Crippen molar-refractivity contribution >= 4 is 33.9 Å². The molecule has 4 rings (SSSR count). The summed E-state index contributed by atoms with van der Waals surface area (Å²) in [4.78, 5) is 41.7. The Morgan fingerprint density at radius 1 is 1.09 bits per heavy atom. The molecule has 162 valence electrons. The molecule has 0 saturated carbocycles. The van der Waals surface area contributed by atoms with Crippen molar-refractivity contribution in [2.75, 3.05) is 5.32 Å². The molecule has 0 atom stereocenters. The molecule has 32 heavy (non-hydrogen) atoms. The first-order chi connectivity index (χ1) is 15.4. The van der Waals surface area contributed by atoms with Gasteiger partial charge in [-0.15, -0.1) is 0 Å². The van der Waals surface area contributed by atoms with E-state index in [-0.39, 0.29) is 18.1 Å². The summed E-state index contributed by atoms with van der Waals surface area (Å²) in [5.74, 6) is -0.784. The zero-order valence-corrected chi connectivity index (χ0v) is 18.3. The first-order valence-corrected chi connectivity index (χ1v) is 10.8. The summed E-state index contributed by atoms with van der Waals surface area (Å²) in [7, 11) is 0. The van der Waals surface area contributed by atoms with Gasteiger partial charge >= 0.3 is 5.97 Å². The van der Waals surface area contributed by atoms with Crippen LogP contribution in [-0.4, -0.2) is 26.5 Å². The molecule has 2 heterocycles. The van der Waals surface area contributed by atoms with E-state index in [4.69, 9.17) is 4.74 Å². The maximum atomic E-state index is 12.4. The fourth-order valence-electron chi connectivity index (χ4n) is 3.01. The number of ether oxygens (including phenoxy) is 1. The van der Waals surface area contributed by atoms with Crippen molar-refractivity contribution in [1.82, 2.24) is 14.6 Å². The number of anilines is 1. The number of aromatic nitrogens is 3. The van der Waals surface area contributed by atoms with Crippen molar-refractivity contribution < 1.29 is 14.3 Å². The van der Waals surface area contributed by atoms with E-state index in [9.17, 15) is 14.4 Å². The van der Waals surface area contributed by atoms with Gasteiger partial charge in [0.2, 0.25) is 4.96 Å². The van der Waals surface area contributed by atoms with Gasteiger partial charge in [-0.25, -0.2) is 9.78 Å². The van der Waals surface area contributed by atoms with Gasteiger partial charge in [0.05, 0.1) is 11.3 Å². The molecule has 2 aromatic heterocycles. The number of nitrogens with zero attached hydrogens (tertiary/aromatic N) is 3. The van der Waals surface area contributed by atoms with Crippen molar-refractivity contribution in [1.29, 1.82) is 0 Å². The minimum Gasteiger partial charge on any atom is -0.456 e. The highest BCUT2D eigenvalue weighted by molar-refractivity contribution is 7.16. The molecule has 0 radical (unpaired) electrons. The van der Waals surface area contributed by atoms with Crippen LogP contribution < -0.4 is 10.9 Å². The van der Waals surface area contributed by atoms with E-state index < -0.39 is 5.97 Å². The van der Waals surface area contributed by atoms with E-state index in [2.05, 4.69) is 15.4 Å². The molecule has 4 aromatic rings. The van der Waals surface area contributed by atoms with Gasteiger partial charge in [0.25, 0.3) is 11.5 Å². The number of benzene rings is 2. The third-order valence-electron chi connectivity index (χ3n) is 4.65. The summed E-state index contributed by atoms with van der Waals surface area (Å²) < 4.78 is 6.55. The quantitative estimate of drug-likeness (QED) is 0.452. The highest BCUT2D eigenvalue weighted by Gasteiger charge is 2.12. The molecular weight excluding hydrogens is 428 g/mol. The second-order valence-electron chi connectivity index (χ2n) is 7.11. The number of esters is 1. The molecule has 0 bridgehead atoms. The molecule has 1 amide bonds. The number of rotatable bonds is 6. The SMILES string of the molecule is CCc1nn2c(=O)cc(COC(=O)c3ccc(NC(=O)c4cccc(C)c4)cc3)nc2s1. The number of hydrogen-bond donors (Lipinski definition) is 1. The molecule has 1 N–H and O–H groups in total. The third-order valence-corrected chi connectivity index (χ3v) is 5.70. The Bertz CT molecular complexity index is 1360. The van der Waals surface area contributed by atoms with Crippen molar-refractivity contribution in [2.24, 2.45) is 0 Å². The van der Waals surface area contributed by atoms with Crippen molar-refractivity contribution in [3.63, 3.8) is 0 Å². The minimum absolute atomic E-state index is 0.129. The van der Waals surface area contributed by atoms with Crippen molar-refractivity contribution in [2.45, 2.75) is 26.9 Å². The number of amides is 1. The second kappa shape index (κ2) is 9.11. The number of fused-ring (bicyclic) bond motifs is 1. The van der Waals surface area contributed by atoms with Crippen LogP contribution >= 0.6 is 11.3 Å². The molecule has 2 aromatic carbocycles. The summed E-state index contributed by atoms with van der Waals surface area (Å²) >= 11 is 1.33. The van der Waals surface area contributed by atoms with Gasteiger partial charge in [0, 0.05) is 17.3 Å².